The largest absolute Gasteiger partial charge is 0.468 e. The van der Waals surface area contributed by atoms with Gasteiger partial charge in [0.1, 0.15) is 6.54 Å². The van der Waals surface area contributed by atoms with Crippen molar-refractivity contribution in [2.75, 3.05) is 25.5 Å². The Morgan fingerprint density at radius 2 is 1.93 bits per heavy atom. The van der Waals surface area contributed by atoms with Gasteiger partial charge in [-0.3, -0.25) is 9.69 Å². The van der Waals surface area contributed by atoms with Gasteiger partial charge < -0.3 is 14.6 Å². The molecule has 0 saturated carbocycles. The summed E-state index contributed by atoms with van der Waals surface area (Å²) in [6, 6.07) is 19.2. The summed E-state index contributed by atoms with van der Waals surface area (Å²) < 4.78 is 6.85. The molecule has 1 aromatic heterocycles. The Bertz CT molecular complexity index is 935. The van der Waals surface area contributed by atoms with Crippen molar-refractivity contribution in [1.82, 2.24) is 9.47 Å². The fourth-order valence-electron chi connectivity index (χ4n) is 4.11. The number of carbonyl (C=O) groups is 1. The van der Waals surface area contributed by atoms with Crippen LogP contribution in [0.2, 0.25) is 0 Å². The van der Waals surface area contributed by atoms with Crippen LogP contribution in [0.15, 0.2) is 60.8 Å². The highest BCUT2D eigenvalue weighted by molar-refractivity contribution is 5.85. The second-order valence-electron chi connectivity index (χ2n) is 7.46. The van der Waals surface area contributed by atoms with Crippen LogP contribution in [0.25, 0.3) is 10.9 Å². The summed E-state index contributed by atoms with van der Waals surface area (Å²) >= 11 is 0. The first-order valence-corrected chi connectivity index (χ1v) is 9.90. The Kier molecular flexibility index (Phi) is 5.63. The van der Waals surface area contributed by atoms with Crippen LogP contribution in [-0.2, 0) is 22.6 Å². The summed E-state index contributed by atoms with van der Waals surface area (Å²) in [5.74, 6) is -0.225. The van der Waals surface area contributed by atoms with Crippen LogP contribution >= 0.6 is 0 Å². The number of methoxy groups -OCH3 is 1. The van der Waals surface area contributed by atoms with Crippen molar-refractivity contribution in [1.29, 1.82) is 0 Å². The number of rotatable bonds is 6. The second-order valence-corrected chi connectivity index (χ2v) is 7.46. The van der Waals surface area contributed by atoms with E-state index >= 15 is 0 Å². The summed E-state index contributed by atoms with van der Waals surface area (Å²) in [5.41, 5.74) is 3.53. The van der Waals surface area contributed by atoms with Gasteiger partial charge in [-0.15, -0.1) is 0 Å². The third-order valence-corrected chi connectivity index (χ3v) is 5.44. The molecule has 1 aliphatic rings. The number of hydrogen-bond acceptors (Lipinski definition) is 4. The quantitative estimate of drug-likeness (QED) is 0.662. The fourth-order valence-corrected chi connectivity index (χ4v) is 4.11. The van der Waals surface area contributed by atoms with E-state index in [1.165, 1.54) is 36.6 Å². The molecule has 1 saturated heterocycles. The highest BCUT2D eigenvalue weighted by Gasteiger charge is 2.21. The molecule has 2 aromatic carbocycles. The molecule has 5 heteroatoms. The van der Waals surface area contributed by atoms with Crippen LogP contribution in [-0.4, -0.2) is 41.7 Å². The molecule has 1 N–H and O–H groups in total. The smallest absolute Gasteiger partial charge is 0.325 e. The molecule has 0 bridgehead atoms. The zero-order valence-corrected chi connectivity index (χ0v) is 16.3. The SMILES string of the molecule is COC(=O)Cn1cc(CN2CCC[C@@H](Nc3ccccc3)C2)c2ccccc21. The molecule has 1 atom stereocenters. The molecule has 0 amide bonds. The maximum atomic E-state index is 11.8. The van der Waals surface area contributed by atoms with E-state index in [-0.39, 0.29) is 12.5 Å². The van der Waals surface area contributed by atoms with E-state index in [2.05, 4.69) is 58.9 Å². The van der Waals surface area contributed by atoms with Crippen molar-refractivity contribution >= 4 is 22.6 Å². The molecule has 3 aromatic rings. The first kappa shape index (κ1) is 18.6. The zero-order chi connectivity index (χ0) is 19.3. The van der Waals surface area contributed by atoms with E-state index in [0.29, 0.717) is 6.04 Å². The van der Waals surface area contributed by atoms with Gasteiger partial charge in [-0.05, 0) is 43.1 Å². The first-order chi connectivity index (χ1) is 13.7. The number of esters is 1. The molecule has 28 heavy (non-hydrogen) atoms. The Labute approximate surface area is 165 Å². The first-order valence-electron chi connectivity index (χ1n) is 9.90. The van der Waals surface area contributed by atoms with Crippen molar-refractivity contribution in [2.24, 2.45) is 0 Å². The lowest BCUT2D eigenvalue weighted by molar-refractivity contribution is -0.141. The number of para-hydroxylation sites is 2. The van der Waals surface area contributed by atoms with Crippen LogP contribution in [0.4, 0.5) is 5.69 Å². The highest BCUT2D eigenvalue weighted by Crippen LogP contribution is 2.25. The van der Waals surface area contributed by atoms with Gasteiger partial charge in [0.25, 0.3) is 0 Å². The summed E-state index contributed by atoms with van der Waals surface area (Å²) in [5, 5.41) is 4.88. The molecule has 146 valence electrons. The minimum atomic E-state index is -0.225. The monoisotopic (exact) mass is 377 g/mol. The van der Waals surface area contributed by atoms with Gasteiger partial charge in [-0.1, -0.05) is 36.4 Å². The van der Waals surface area contributed by atoms with Crippen molar-refractivity contribution in [3.8, 4) is 0 Å². The summed E-state index contributed by atoms with van der Waals surface area (Å²) in [6.45, 7) is 3.26. The Morgan fingerprint density at radius 1 is 1.14 bits per heavy atom. The summed E-state index contributed by atoms with van der Waals surface area (Å²) in [7, 11) is 1.43. The molecule has 4 rings (SSSR count). The Hall–Kier alpha value is -2.79. The number of likely N-dealkylation sites (tertiary alicyclic amines) is 1. The zero-order valence-electron chi connectivity index (χ0n) is 16.3. The van der Waals surface area contributed by atoms with Gasteiger partial charge in [-0.25, -0.2) is 0 Å². The molecule has 1 aliphatic heterocycles. The van der Waals surface area contributed by atoms with Gasteiger partial charge in [0, 0.05) is 41.9 Å². The number of fused-ring (bicyclic) bond motifs is 1. The standard InChI is InChI=1S/C23H27N3O2/c1-28-23(27)17-26-15-18(21-11-5-6-12-22(21)26)14-25-13-7-10-20(16-25)24-19-8-3-2-4-9-19/h2-6,8-9,11-12,15,20,24H,7,10,13-14,16-17H2,1H3/t20-/m1/s1. The summed E-state index contributed by atoms with van der Waals surface area (Å²) in [6.07, 6.45) is 4.48. The van der Waals surface area contributed by atoms with Crippen molar-refractivity contribution in [3.05, 3.63) is 66.4 Å². The predicted octanol–water partition coefficient (Wildman–Crippen LogP) is 3.89. The lowest BCUT2D eigenvalue weighted by Crippen LogP contribution is -2.41. The van der Waals surface area contributed by atoms with Gasteiger partial charge in [0.2, 0.25) is 0 Å². The van der Waals surface area contributed by atoms with Crippen LogP contribution in [0.3, 0.4) is 0 Å². The molecule has 0 unspecified atom stereocenters. The normalized spacial score (nSPS) is 17.5. The fraction of sp³-hybridized carbons (Fsp3) is 0.348. The number of nitrogens with zero attached hydrogens (tertiary/aromatic N) is 2. The van der Waals surface area contributed by atoms with E-state index in [1.54, 1.807) is 0 Å². The van der Waals surface area contributed by atoms with Crippen LogP contribution in [0.5, 0.6) is 0 Å². The molecular weight excluding hydrogens is 350 g/mol. The molecule has 0 radical (unpaired) electrons. The number of hydrogen-bond donors (Lipinski definition) is 1. The lowest BCUT2D eigenvalue weighted by atomic mass is 10.0. The average molecular weight is 377 g/mol. The van der Waals surface area contributed by atoms with Crippen molar-refractivity contribution in [3.63, 3.8) is 0 Å². The molecular formula is C23H27N3O2. The minimum Gasteiger partial charge on any atom is -0.468 e. The van der Waals surface area contributed by atoms with E-state index in [1.807, 2.05) is 16.7 Å². The van der Waals surface area contributed by atoms with Gasteiger partial charge in [0.05, 0.1) is 7.11 Å². The summed E-state index contributed by atoms with van der Waals surface area (Å²) in [4.78, 5) is 14.3. The van der Waals surface area contributed by atoms with Crippen molar-refractivity contribution < 1.29 is 9.53 Å². The third kappa shape index (κ3) is 4.20. The van der Waals surface area contributed by atoms with Crippen molar-refractivity contribution in [2.45, 2.75) is 32.0 Å². The van der Waals surface area contributed by atoms with Crippen LogP contribution < -0.4 is 5.32 Å². The number of nitrogens with one attached hydrogen (secondary N) is 1. The number of aromatic nitrogens is 1. The highest BCUT2D eigenvalue weighted by atomic mass is 16.5. The second kappa shape index (κ2) is 8.48. The number of anilines is 1. The van der Waals surface area contributed by atoms with E-state index in [0.717, 1.165) is 25.2 Å². The van der Waals surface area contributed by atoms with Crippen LogP contribution in [0.1, 0.15) is 18.4 Å². The van der Waals surface area contributed by atoms with E-state index in [9.17, 15) is 4.79 Å². The third-order valence-electron chi connectivity index (χ3n) is 5.44. The number of ether oxygens (including phenoxy) is 1. The van der Waals surface area contributed by atoms with Gasteiger partial charge in [0.15, 0.2) is 0 Å². The Balaban J connectivity index is 1.49. The number of carbonyl (C=O) groups excluding carboxylic acids is 1. The predicted molar refractivity (Wildman–Crippen MR) is 112 cm³/mol. The topological polar surface area (TPSA) is 46.5 Å². The minimum absolute atomic E-state index is 0.225. The van der Waals surface area contributed by atoms with E-state index in [4.69, 9.17) is 4.74 Å². The van der Waals surface area contributed by atoms with Gasteiger partial charge in [-0.2, -0.15) is 0 Å². The lowest BCUT2D eigenvalue weighted by Gasteiger charge is -2.33. The molecule has 1 fully saturated rings. The average Bonchev–Trinajstić information content (AvgIpc) is 3.06. The molecule has 5 nitrogen and oxygen atoms in total. The molecule has 0 aliphatic carbocycles. The van der Waals surface area contributed by atoms with E-state index < -0.39 is 0 Å². The number of piperidine rings is 1. The maximum Gasteiger partial charge on any atom is 0.325 e. The molecule has 2 heterocycles. The Morgan fingerprint density at radius 3 is 2.75 bits per heavy atom. The van der Waals surface area contributed by atoms with Crippen LogP contribution in [0, 0.1) is 0 Å². The molecule has 0 spiro atoms. The number of benzene rings is 2. The van der Waals surface area contributed by atoms with Gasteiger partial charge >= 0.3 is 5.97 Å². The maximum absolute atomic E-state index is 11.8.